The number of carbonyl (C=O) groups is 1. The number of alkyl halides is 2. The third kappa shape index (κ3) is 6.61. The van der Waals surface area contributed by atoms with Crippen LogP contribution in [-0.2, 0) is 6.54 Å². The lowest BCUT2D eigenvalue weighted by Gasteiger charge is -2.32. The Morgan fingerprint density at radius 2 is 1.80 bits per heavy atom. The van der Waals surface area contributed by atoms with Gasteiger partial charge in [0.15, 0.2) is 0 Å². The molecule has 0 atom stereocenters. The first-order valence-corrected chi connectivity index (χ1v) is 12.9. The highest BCUT2D eigenvalue weighted by Gasteiger charge is 2.20. The summed E-state index contributed by atoms with van der Waals surface area (Å²) in [6.07, 6.45) is 3.73. The molecule has 3 heterocycles. The monoisotopic (exact) mass is 544 g/mol. The molecule has 1 aliphatic heterocycles. The van der Waals surface area contributed by atoms with E-state index in [-0.39, 0.29) is 11.1 Å². The minimum atomic E-state index is -2.68. The number of rotatable bonds is 8. The Hall–Kier alpha value is -4.35. The molecule has 5 rings (SSSR count). The lowest BCUT2D eigenvalue weighted by molar-refractivity contribution is 0.102. The van der Waals surface area contributed by atoms with Crippen LogP contribution in [0, 0.1) is 6.92 Å². The zero-order valence-corrected chi connectivity index (χ0v) is 22.3. The highest BCUT2D eigenvalue weighted by molar-refractivity contribution is 6.04. The van der Waals surface area contributed by atoms with E-state index in [4.69, 9.17) is 0 Å². The van der Waals surface area contributed by atoms with E-state index in [9.17, 15) is 13.6 Å². The second kappa shape index (κ2) is 12.2. The van der Waals surface area contributed by atoms with E-state index in [1.165, 1.54) is 12.4 Å². The molecule has 0 aliphatic carbocycles. The Kier molecular flexibility index (Phi) is 8.32. The summed E-state index contributed by atoms with van der Waals surface area (Å²) in [4.78, 5) is 34.3. The number of aromatic nitrogens is 4. The third-order valence-electron chi connectivity index (χ3n) is 6.89. The van der Waals surface area contributed by atoms with E-state index >= 15 is 0 Å². The van der Waals surface area contributed by atoms with E-state index in [2.05, 4.69) is 47.4 Å². The van der Waals surface area contributed by atoms with Crippen LogP contribution >= 0.6 is 0 Å². The van der Waals surface area contributed by atoms with Gasteiger partial charge in [-0.25, -0.2) is 28.7 Å². The van der Waals surface area contributed by atoms with Gasteiger partial charge in [-0.2, -0.15) is 0 Å². The normalized spacial score (nSPS) is 14.3. The number of anilines is 3. The van der Waals surface area contributed by atoms with E-state index in [0.717, 1.165) is 37.3 Å². The van der Waals surface area contributed by atoms with Gasteiger partial charge in [0, 0.05) is 79.4 Å². The van der Waals surface area contributed by atoms with Crippen molar-refractivity contribution in [3.63, 3.8) is 0 Å². The molecule has 4 aromatic rings. The van der Waals surface area contributed by atoms with Crippen molar-refractivity contribution in [3.05, 3.63) is 89.6 Å². The number of halogens is 2. The molecule has 2 N–H and O–H groups in total. The Morgan fingerprint density at radius 3 is 2.55 bits per heavy atom. The van der Waals surface area contributed by atoms with Gasteiger partial charge in [0.05, 0.1) is 5.69 Å². The molecular formula is C29H30F2N8O. The summed E-state index contributed by atoms with van der Waals surface area (Å²) in [6.45, 7) is 5.79. The van der Waals surface area contributed by atoms with Crippen LogP contribution in [0.15, 0.2) is 67.4 Å². The maximum Gasteiger partial charge on any atom is 0.264 e. The highest BCUT2D eigenvalue weighted by atomic mass is 19.3. The smallest absolute Gasteiger partial charge is 0.264 e. The van der Waals surface area contributed by atoms with Gasteiger partial charge in [-0.3, -0.25) is 9.69 Å². The van der Waals surface area contributed by atoms with E-state index < -0.39 is 12.3 Å². The average Bonchev–Trinajstić information content (AvgIpc) is 2.96. The Labute approximate surface area is 231 Å². The van der Waals surface area contributed by atoms with Crippen molar-refractivity contribution in [3.8, 4) is 11.3 Å². The lowest BCUT2D eigenvalue weighted by Crippen LogP contribution is -2.44. The molecule has 40 heavy (non-hydrogen) atoms. The maximum atomic E-state index is 14.0. The number of nitrogens with zero attached hydrogens (tertiary/aromatic N) is 6. The van der Waals surface area contributed by atoms with Gasteiger partial charge in [0.25, 0.3) is 12.3 Å². The van der Waals surface area contributed by atoms with Gasteiger partial charge in [0.2, 0.25) is 5.95 Å². The van der Waals surface area contributed by atoms with Crippen molar-refractivity contribution >= 4 is 23.2 Å². The molecule has 0 spiro atoms. The van der Waals surface area contributed by atoms with Crippen LogP contribution in [0.2, 0.25) is 0 Å². The van der Waals surface area contributed by atoms with E-state index in [0.29, 0.717) is 35.1 Å². The lowest BCUT2D eigenvalue weighted by atomic mass is 10.0. The summed E-state index contributed by atoms with van der Waals surface area (Å²) in [7, 11) is 2.05. The molecule has 2 aromatic heterocycles. The van der Waals surface area contributed by atoms with Crippen LogP contribution in [0.4, 0.5) is 26.1 Å². The predicted molar refractivity (Wildman–Crippen MR) is 150 cm³/mol. The second-order valence-corrected chi connectivity index (χ2v) is 9.80. The van der Waals surface area contributed by atoms with Crippen LogP contribution in [0.3, 0.4) is 0 Å². The van der Waals surface area contributed by atoms with Crippen molar-refractivity contribution in [1.82, 2.24) is 29.7 Å². The number of hydrogen-bond donors (Lipinski definition) is 2. The van der Waals surface area contributed by atoms with Crippen molar-refractivity contribution in [2.75, 3.05) is 43.9 Å². The fourth-order valence-corrected chi connectivity index (χ4v) is 4.50. The summed E-state index contributed by atoms with van der Waals surface area (Å²) >= 11 is 0. The highest BCUT2D eigenvalue weighted by Crippen LogP contribution is 2.28. The zero-order valence-electron chi connectivity index (χ0n) is 22.3. The summed E-state index contributed by atoms with van der Waals surface area (Å²) < 4.78 is 27.9. The molecule has 1 aliphatic rings. The fraction of sp³-hybridized carbons (Fsp3) is 0.276. The number of likely N-dealkylation sites (N-methyl/N-ethyl adjacent to an activating group) is 1. The van der Waals surface area contributed by atoms with Crippen molar-refractivity contribution in [2.45, 2.75) is 19.9 Å². The van der Waals surface area contributed by atoms with E-state index in [1.54, 1.807) is 48.9 Å². The molecule has 11 heteroatoms. The Balaban J connectivity index is 1.30. The number of amides is 1. The van der Waals surface area contributed by atoms with Crippen LogP contribution < -0.4 is 10.6 Å². The standard InChI is InChI=1S/C29H30F2N8O/c1-19-3-6-23(14-26(19)37-29-34-8-7-25(36-29)22-15-32-18-33-16-22)35-28(40)20-4-5-21(24(13-20)27(30)31)17-39-11-9-38(2)10-12-39/h3-8,13-16,18,27H,9-12,17H2,1-2H3,(H,35,40)(H,34,36,37). The van der Waals surface area contributed by atoms with Crippen LogP contribution in [0.25, 0.3) is 11.3 Å². The Bertz CT molecular complexity index is 1480. The van der Waals surface area contributed by atoms with Crippen LogP contribution in [0.5, 0.6) is 0 Å². The molecule has 1 amide bonds. The summed E-state index contributed by atoms with van der Waals surface area (Å²) in [5.74, 6) is -0.101. The quantitative estimate of drug-likeness (QED) is 0.323. The van der Waals surface area contributed by atoms with Crippen molar-refractivity contribution < 1.29 is 13.6 Å². The fourth-order valence-electron chi connectivity index (χ4n) is 4.50. The molecule has 0 unspecified atom stereocenters. The first-order valence-electron chi connectivity index (χ1n) is 12.9. The molecule has 206 valence electrons. The predicted octanol–water partition coefficient (Wildman–Crippen LogP) is 4.92. The number of carbonyl (C=O) groups excluding carboxylic acids is 1. The van der Waals surface area contributed by atoms with Crippen molar-refractivity contribution in [2.24, 2.45) is 0 Å². The molecule has 1 saturated heterocycles. The van der Waals surface area contributed by atoms with Gasteiger partial charge in [0.1, 0.15) is 6.33 Å². The van der Waals surface area contributed by atoms with Gasteiger partial charge >= 0.3 is 0 Å². The largest absolute Gasteiger partial charge is 0.324 e. The van der Waals surface area contributed by atoms with Gasteiger partial charge in [-0.15, -0.1) is 0 Å². The van der Waals surface area contributed by atoms with Gasteiger partial charge in [-0.1, -0.05) is 12.1 Å². The molecule has 0 bridgehead atoms. The summed E-state index contributed by atoms with van der Waals surface area (Å²) in [5.41, 5.74) is 4.12. The zero-order chi connectivity index (χ0) is 28.1. The maximum absolute atomic E-state index is 14.0. The summed E-state index contributed by atoms with van der Waals surface area (Å²) in [5, 5.41) is 6.01. The number of nitrogens with one attached hydrogen (secondary N) is 2. The van der Waals surface area contributed by atoms with Gasteiger partial charge in [-0.05, 0) is 55.4 Å². The number of piperazine rings is 1. The first-order chi connectivity index (χ1) is 19.4. The minimum Gasteiger partial charge on any atom is -0.324 e. The molecule has 9 nitrogen and oxygen atoms in total. The average molecular weight is 545 g/mol. The van der Waals surface area contributed by atoms with Crippen LogP contribution in [-0.4, -0.2) is 68.9 Å². The van der Waals surface area contributed by atoms with Crippen LogP contribution in [0.1, 0.15) is 33.5 Å². The summed E-state index contributed by atoms with van der Waals surface area (Å²) in [6, 6.07) is 11.7. The third-order valence-corrected chi connectivity index (χ3v) is 6.89. The number of benzene rings is 2. The molecule has 2 aromatic carbocycles. The molecular weight excluding hydrogens is 514 g/mol. The van der Waals surface area contributed by atoms with E-state index in [1.807, 2.05) is 13.0 Å². The topological polar surface area (TPSA) is 99.2 Å². The molecule has 0 saturated carbocycles. The van der Waals surface area contributed by atoms with Crippen molar-refractivity contribution in [1.29, 1.82) is 0 Å². The molecule has 0 radical (unpaired) electrons. The molecule has 1 fully saturated rings. The first kappa shape index (κ1) is 27.2. The SMILES string of the molecule is Cc1ccc(NC(=O)c2ccc(CN3CCN(C)CC3)c(C(F)F)c2)cc1Nc1nccc(-c2cncnc2)n1. The van der Waals surface area contributed by atoms with Gasteiger partial charge < -0.3 is 15.5 Å². The number of aryl methyl sites for hydroxylation is 1. The number of hydrogen-bond acceptors (Lipinski definition) is 8. The second-order valence-electron chi connectivity index (χ2n) is 9.80. The Morgan fingerprint density at radius 1 is 1.02 bits per heavy atom. The minimum absolute atomic E-state index is 0.112.